The van der Waals surface area contributed by atoms with Gasteiger partial charge >= 0.3 is 5.97 Å². The molecule has 2 amide bonds. The highest BCUT2D eigenvalue weighted by Gasteiger charge is 2.36. The number of nitrogens with one attached hydrogen (secondary N) is 1. The lowest BCUT2D eigenvalue weighted by atomic mass is 10.1. The van der Waals surface area contributed by atoms with Crippen molar-refractivity contribution in [2.75, 3.05) is 29.6 Å². The molecule has 9 heteroatoms. The molecule has 2 aliphatic heterocycles. The van der Waals surface area contributed by atoms with Crippen LogP contribution in [0.25, 0.3) is 0 Å². The predicted molar refractivity (Wildman–Crippen MR) is 102 cm³/mol. The van der Waals surface area contributed by atoms with E-state index in [9.17, 15) is 22.8 Å². The van der Waals surface area contributed by atoms with Crippen molar-refractivity contribution in [2.24, 2.45) is 5.92 Å². The lowest BCUT2D eigenvalue weighted by Crippen LogP contribution is -2.38. The third-order valence-corrected chi connectivity index (χ3v) is 6.83. The Balaban J connectivity index is 1.48. The zero-order valence-corrected chi connectivity index (χ0v) is 16.5. The fourth-order valence-corrected chi connectivity index (χ4v) is 5.13. The maximum Gasteiger partial charge on any atom is 0.311 e. The van der Waals surface area contributed by atoms with E-state index in [2.05, 4.69) is 5.32 Å². The third kappa shape index (κ3) is 4.89. The minimum absolute atomic E-state index is 0.0385. The standard InChI is InChI=1S/C19H24N2O6S/c1-2-13-3-5-16(6-4-13)21-10-14(9-18(21)23)19(24)27-11-17(22)20-15-7-8-28(25,26)12-15/h3-6,14-15H,2,7-12H2,1H3,(H,20,22)/t14-,15+/m1/s1. The van der Waals surface area contributed by atoms with Crippen LogP contribution < -0.4 is 10.2 Å². The van der Waals surface area contributed by atoms with E-state index in [1.807, 2.05) is 31.2 Å². The van der Waals surface area contributed by atoms with E-state index in [4.69, 9.17) is 4.74 Å². The van der Waals surface area contributed by atoms with Gasteiger partial charge in [-0.25, -0.2) is 8.42 Å². The first kappa shape index (κ1) is 20.3. The normalized spacial score (nSPS) is 23.6. The molecule has 0 unspecified atom stereocenters. The number of carbonyl (C=O) groups excluding carboxylic acids is 3. The Morgan fingerprint density at radius 2 is 1.96 bits per heavy atom. The molecule has 8 nitrogen and oxygen atoms in total. The first-order valence-electron chi connectivity index (χ1n) is 9.33. The van der Waals surface area contributed by atoms with Crippen LogP contribution in [0.4, 0.5) is 5.69 Å². The minimum Gasteiger partial charge on any atom is -0.455 e. The van der Waals surface area contributed by atoms with Gasteiger partial charge < -0.3 is 15.0 Å². The molecule has 1 aromatic carbocycles. The van der Waals surface area contributed by atoms with Crippen LogP contribution in [0.15, 0.2) is 24.3 Å². The quantitative estimate of drug-likeness (QED) is 0.685. The largest absolute Gasteiger partial charge is 0.455 e. The van der Waals surface area contributed by atoms with Crippen molar-refractivity contribution < 1.29 is 27.5 Å². The lowest BCUT2D eigenvalue weighted by Gasteiger charge is -2.17. The summed E-state index contributed by atoms with van der Waals surface area (Å²) in [5.41, 5.74) is 1.89. The van der Waals surface area contributed by atoms with Crippen LogP contribution in [-0.2, 0) is 35.4 Å². The topological polar surface area (TPSA) is 110 Å². The van der Waals surface area contributed by atoms with E-state index in [0.717, 1.165) is 17.7 Å². The highest BCUT2D eigenvalue weighted by molar-refractivity contribution is 7.91. The first-order valence-corrected chi connectivity index (χ1v) is 11.2. The van der Waals surface area contributed by atoms with Crippen molar-refractivity contribution in [3.8, 4) is 0 Å². The first-order chi connectivity index (χ1) is 13.3. The summed E-state index contributed by atoms with van der Waals surface area (Å²) < 4.78 is 27.8. The Kier molecular flexibility index (Phi) is 6.02. The minimum atomic E-state index is -3.09. The average molecular weight is 408 g/mol. The van der Waals surface area contributed by atoms with Crippen LogP contribution in [0.5, 0.6) is 0 Å². The molecule has 1 N–H and O–H groups in total. The summed E-state index contributed by atoms with van der Waals surface area (Å²) in [5.74, 6) is -1.96. The number of benzene rings is 1. The predicted octanol–water partition coefficient (Wildman–Crippen LogP) is 0.448. The Labute approximate surface area is 164 Å². The number of nitrogens with zero attached hydrogens (tertiary/aromatic N) is 1. The molecular formula is C19H24N2O6S. The zero-order valence-electron chi connectivity index (χ0n) is 15.7. The van der Waals surface area contributed by atoms with E-state index in [-0.39, 0.29) is 30.4 Å². The molecule has 152 valence electrons. The van der Waals surface area contributed by atoms with E-state index in [0.29, 0.717) is 6.42 Å². The number of aryl methyl sites for hydroxylation is 1. The van der Waals surface area contributed by atoms with Crippen molar-refractivity contribution >= 4 is 33.3 Å². The number of hydrogen-bond acceptors (Lipinski definition) is 6. The van der Waals surface area contributed by atoms with Crippen molar-refractivity contribution in [1.82, 2.24) is 5.32 Å². The van der Waals surface area contributed by atoms with Crippen LogP contribution >= 0.6 is 0 Å². The molecule has 28 heavy (non-hydrogen) atoms. The van der Waals surface area contributed by atoms with Crippen LogP contribution in [0.3, 0.4) is 0 Å². The smallest absolute Gasteiger partial charge is 0.311 e. The summed E-state index contributed by atoms with van der Waals surface area (Å²) in [4.78, 5) is 37.9. The molecule has 0 bridgehead atoms. The van der Waals surface area contributed by atoms with Crippen LogP contribution in [-0.4, -0.2) is 56.9 Å². The second-order valence-electron chi connectivity index (χ2n) is 7.20. The van der Waals surface area contributed by atoms with Crippen LogP contribution in [0.2, 0.25) is 0 Å². The van der Waals surface area contributed by atoms with Gasteiger partial charge in [-0.3, -0.25) is 14.4 Å². The van der Waals surface area contributed by atoms with E-state index in [1.54, 1.807) is 4.90 Å². The molecule has 2 atom stereocenters. The maximum atomic E-state index is 12.3. The molecule has 3 rings (SSSR count). The van der Waals surface area contributed by atoms with Crippen molar-refractivity contribution in [2.45, 2.75) is 32.2 Å². The fourth-order valence-electron chi connectivity index (χ4n) is 3.46. The Hall–Kier alpha value is -2.42. The monoisotopic (exact) mass is 408 g/mol. The van der Waals surface area contributed by atoms with Gasteiger partial charge in [-0.15, -0.1) is 0 Å². The summed E-state index contributed by atoms with van der Waals surface area (Å²) in [6.45, 7) is 1.78. The second kappa shape index (κ2) is 8.30. The summed E-state index contributed by atoms with van der Waals surface area (Å²) >= 11 is 0. The molecule has 0 spiro atoms. The maximum absolute atomic E-state index is 12.3. The Bertz CT molecular complexity index is 865. The fraction of sp³-hybridized carbons (Fsp3) is 0.526. The second-order valence-corrected chi connectivity index (χ2v) is 9.43. The van der Waals surface area contributed by atoms with Gasteiger partial charge in [0.25, 0.3) is 5.91 Å². The molecule has 0 aromatic heterocycles. The molecule has 2 saturated heterocycles. The molecule has 1 aromatic rings. The van der Waals surface area contributed by atoms with Gasteiger partial charge in [0.2, 0.25) is 5.91 Å². The van der Waals surface area contributed by atoms with Gasteiger partial charge in [0.05, 0.1) is 17.4 Å². The van der Waals surface area contributed by atoms with Gasteiger partial charge in [-0.05, 0) is 30.5 Å². The van der Waals surface area contributed by atoms with Crippen molar-refractivity contribution in [1.29, 1.82) is 0 Å². The number of rotatable bonds is 6. The third-order valence-electron chi connectivity index (χ3n) is 5.06. The molecule has 0 saturated carbocycles. The molecule has 2 heterocycles. The highest BCUT2D eigenvalue weighted by atomic mass is 32.2. The number of carbonyl (C=O) groups is 3. The summed E-state index contributed by atoms with van der Waals surface area (Å²) in [7, 11) is -3.09. The van der Waals surface area contributed by atoms with Crippen molar-refractivity contribution in [3.63, 3.8) is 0 Å². The summed E-state index contributed by atoms with van der Waals surface area (Å²) in [6, 6.07) is 7.16. The molecule has 2 fully saturated rings. The summed E-state index contributed by atoms with van der Waals surface area (Å²) in [5, 5.41) is 2.56. The number of anilines is 1. The number of esters is 1. The van der Waals surface area contributed by atoms with Crippen molar-refractivity contribution in [3.05, 3.63) is 29.8 Å². The van der Waals surface area contributed by atoms with Gasteiger partial charge in [0, 0.05) is 24.7 Å². The van der Waals surface area contributed by atoms with E-state index in [1.165, 1.54) is 0 Å². The Morgan fingerprint density at radius 3 is 2.57 bits per heavy atom. The van der Waals surface area contributed by atoms with Crippen LogP contribution in [0.1, 0.15) is 25.3 Å². The number of sulfone groups is 1. The molecule has 0 radical (unpaired) electrons. The van der Waals surface area contributed by atoms with E-state index >= 15 is 0 Å². The average Bonchev–Trinajstić information content (AvgIpc) is 3.21. The van der Waals surface area contributed by atoms with E-state index < -0.39 is 40.3 Å². The Morgan fingerprint density at radius 1 is 1.25 bits per heavy atom. The molecular weight excluding hydrogens is 384 g/mol. The zero-order chi connectivity index (χ0) is 20.3. The van der Waals surface area contributed by atoms with Gasteiger partial charge in [-0.2, -0.15) is 0 Å². The lowest BCUT2D eigenvalue weighted by molar-refractivity contribution is -0.152. The highest BCUT2D eigenvalue weighted by Crippen LogP contribution is 2.26. The number of hydrogen-bond donors (Lipinski definition) is 1. The SMILES string of the molecule is CCc1ccc(N2C[C@H](C(=O)OCC(=O)N[C@H]3CCS(=O)(=O)C3)CC2=O)cc1. The molecule has 2 aliphatic rings. The van der Waals surface area contributed by atoms with Crippen LogP contribution in [0, 0.1) is 5.92 Å². The van der Waals surface area contributed by atoms with Gasteiger partial charge in [-0.1, -0.05) is 19.1 Å². The number of amides is 2. The van der Waals surface area contributed by atoms with Gasteiger partial charge in [0.15, 0.2) is 16.4 Å². The molecule has 0 aliphatic carbocycles. The summed E-state index contributed by atoms with van der Waals surface area (Å²) in [6.07, 6.45) is 1.31. The van der Waals surface area contributed by atoms with Gasteiger partial charge in [0.1, 0.15) is 0 Å². The number of ether oxygens (including phenoxy) is 1.